The van der Waals surface area contributed by atoms with E-state index in [-0.39, 0.29) is 5.78 Å². The van der Waals surface area contributed by atoms with Gasteiger partial charge in [-0.1, -0.05) is 53.9 Å². The van der Waals surface area contributed by atoms with Gasteiger partial charge in [0.2, 0.25) is 5.78 Å². The fourth-order valence-electron chi connectivity index (χ4n) is 2.16. The molecule has 0 aliphatic rings. The fraction of sp³-hybridized carbons (Fsp3) is 0.133. The van der Waals surface area contributed by atoms with E-state index in [4.69, 9.17) is 0 Å². The van der Waals surface area contributed by atoms with E-state index in [1.165, 1.54) is 11.5 Å². The number of hydrogen-bond acceptors (Lipinski definition) is 4. The summed E-state index contributed by atoms with van der Waals surface area (Å²) in [5.41, 5.74) is 1.50. The lowest BCUT2D eigenvalue weighted by Gasteiger charge is -2.04. The van der Waals surface area contributed by atoms with Crippen LogP contribution in [0.3, 0.4) is 0 Å². The van der Waals surface area contributed by atoms with Crippen molar-refractivity contribution in [1.82, 2.24) is 9.59 Å². The quantitative estimate of drug-likeness (QED) is 0.683. The molecule has 4 heteroatoms. The molecule has 0 saturated heterocycles. The van der Waals surface area contributed by atoms with Gasteiger partial charge in [0, 0.05) is 5.56 Å². The van der Waals surface area contributed by atoms with E-state index in [1.807, 2.05) is 49.4 Å². The maximum Gasteiger partial charge on any atom is 0.207 e. The zero-order valence-electron chi connectivity index (χ0n) is 10.5. The Balaban J connectivity index is 2.17. The SMILES string of the molecule is CCc1nnsc1C(=O)c1cccc2ccccc12. The summed E-state index contributed by atoms with van der Waals surface area (Å²) in [7, 11) is 0. The Labute approximate surface area is 115 Å². The highest BCUT2D eigenvalue weighted by atomic mass is 32.1. The minimum absolute atomic E-state index is 0.0173. The molecule has 0 amide bonds. The molecule has 0 radical (unpaired) electrons. The lowest BCUT2D eigenvalue weighted by Crippen LogP contribution is -2.03. The van der Waals surface area contributed by atoms with E-state index in [2.05, 4.69) is 9.59 Å². The van der Waals surface area contributed by atoms with Crippen molar-refractivity contribution in [3.8, 4) is 0 Å². The summed E-state index contributed by atoms with van der Waals surface area (Å²) in [6.07, 6.45) is 0.725. The predicted octanol–water partition coefficient (Wildman–Crippen LogP) is 3.48. The number of rotatable bonds is 3. The Kier molecular flexibility index (Phi) is 3.09. The van der Waals surface area contributed by atoms with Crippen molar-refractivity contribution >= 4 is 28.1 Å². The van der Waals surface area contributed by atoms with Gasteiger partial charge >= 0.3 is 0 Å². The van der Waals surface area contributed by atoms with Crippen LogP contribution in [0.5, 0.6) is 0 Å². The van der Waals surface area contributed by atoms with Crippen LogP contribution in [0.2, 0.25) is 0 Å². The molecule has 1 aromatic heterocycles. The van der Waals surface area contributed by atoms with Gasteiger partial charge in [-0.05, 0) is 28.7 Å². The van der Waals surface area contributed by atoms with E-state index in [0.717, 1.165) is 28.5 Å². The predicted molar refractivity (Wildman–Crippen MR) is 76.7 cm³/mol. The van der Waals surface area contributed by atoms with Crippen LogP contribution in [0.1, 0.15) is 27.9 Å². The number of aromatic nitrogens is 2. The summed E-state index contributed by atoms with van der Waals surface area (Å²) in [6.45, 7) is 1.98. The Bertz CT molecular complexity index is 743. The second-order valence-corrected chi connectivity index (χ2v) is 5.01. The van der Waals surface area contributed by atoms with Crippen molar-refractivity contribution in [2.45, 2.75) is 13.3 Å². The number of fused-ring (bicyclic) bond motifs is 1. The molecule has 0 bridgehead atoms. The lowest BCUT2D eigenvalue weighted by molar-refractivity contribution is 0.104. The van der Waals surface area contributed by atoms with Crippen LogP contribution in [0.4, 0.5) is 0 Å². The molecule has 3 aromatic rings. The summed E-state index contributed by atoms with van der Waals surface area (Å²) in [5.74, 6) is 0.0173. The number of hydrogen-bond donors (Lipinski definition) is 0. The number of ketones is 1. The molecule has 94 valence electrons. The van der Waals surface area contributed by atoms with Crippen LogP contribution >= 0.6 is 11.5 Å². The second-order valence-electron chi connectivity index (χ2n) is 4.26. The molecule has 3 rings (SSSR count). The van der Waals surface area contributed by atoms with Crippen LogP contribution in [-0.2, 0) is 6.42 Å². The first kappa shape index (κ1) is 12.0. The standard InChI is InChI=1S/C15H12N2OS/c1-2-13-15(19-17-16-13)14(18)12-9-5-7-10-6-3-4-8-11(10)12/h3-9H,2H2,1H3. The van der Waals surface area contributed by atoms with Crippen LogP contribution in [0.25, 0.3) is 10.8 Å². The highest BCUT2D eigenvalue weighted by Gasteiger charge is 2.18. The third kappa shape index (κ3) is 2.04. The monoisotopic (exact) mass is 268 g/mol. The third-order valence-electron chi connectivity index (χ3n) is 3.13. The van der Waals surface area contributed by atoms with Crippen molar-refractivity contribution in [3.63, 3.8) is 0 Å². The molecule has 0 aliphatic carbocycles. The molecule has 0 saturated carbocycles. The summed E-state index contributed by atoms with van der Waals surface area (Å²) >= 11 is 1.17. The second kappa shape index (κ2) is 4.90. The van der Waals surface area contributed by atoms with Crippen molar-refractivity contribution < 1.29 is 4.79 Å². The molecule has 0 N–H and O–H groups in total. The van der Waals surface area contributed by atoms with Crippen LogP contribution in [-0.4, -0.2) is 15.4 Å². The molecule has 2 aromatic carbocycles. The molecule has 1 heterocycles. The minimum atomic E-state index is 0.0173. The zero-order valence-corrected chi connectivity index (χ0v) is 11.3. The third-order valence-corrected chi connectivity index (χ3v) is 3.90. The first-order valence-corrected chi connectivity index (χ1v) is 6.92. The smallest absolute Gasteiger partial charge is 0.207 e. The molecular formula is C15H12N2OS. The summed E-state index contributed by atoms with van der Waals surface area (Å²) in [4.78, 5) is 13.3. The molecule has 0 atom stereocenters. The topological polar surface area (TPSA) is 42.9 Å². The fourth-order valence-corrected chi connectivity index (χ4v) is 2.86. The molecule has 0 spiro atoms. The first-order valence-electron chi connectivity index (χ1n) is 6.15. The minimum Gasteiger partial charge on any atom is -0.288 e. The first-order chi connectivity index (χ1) is 9.31. The average Bonchev–Trinajstić information content (AvgIpc) is 2.94. The Morgan fingerprint density at radius 1 is 1.16 bits per heavy atom. The largest absolute Gasteiger partial charge is 0.288 e. The summed E-state index contributed by atoms with van der Waals surface area (Å²) in [5, 5.41) is 6.06. The van der Waals surface area contributed by atoms with Crippen LogP contribution < -0.4 is 0 Å². The van der Waals surface area contributed by atoms with Gasteiger partial charge in [0.05, 0.1) is 5.69 Å². The Hall–Kier alpha value is -2.07. The van der Waals surface area contributed by atoms with Gasteiger partial charge < -0.3 is 0 Å². The van der Waals surface area contributed by atoms with Gasteiger partial charge in [-0.3, -0.25) is 4.79 Å². The number of carbonyl (C=O) groups excluding carboxylic acids is 1. The van der Waals surface area contributed by atoms with Crippen LogP contribution in [0, 0.1) is 0 Å². The highest BCUT2D eigenvalue weighted by molar-refractivity contribution is 7.08. The van der Waals surface area contributed by atoms with E-state index in [1.54, 1.807) is 0 Å². The molecule has 3 nitrogen and oxygen atoms in total. The molecule has 0 fully saturated rings. The van der Waals surface area contributed by atoms with Gasteiger partial charge in [0.15, 0.2) is 0 Å². The number of carbonyl (C=O) groups is 1. The van der Waals surface area contributed by atoms with Gasteiger partial charge in [0.1, 0.15) is 4.88 Å². The van der Waals surface area contributed by atoms with E-state index in [0.29, 0.717) is 4.88 Å². The van der Waals surface area contributed by atoms with Crippen molar-refractivity contribution in [3.05, 3.63) is 58.6 Å². The number of aryl methyl sites for hydroxylation is 1. The maximum absolute atomic E-state index is 12.6. The lowest BCUT2D eigenvalue weighted by atomic mass is 10.00. The Morgan fingerprint density at radius 3 is 2.79 bits per heavy atom. The maximum atomic E-state index is 12.6. The highest BCUT2D eigenvalue weighted by Crippen LogP contribution is 2.23. The number of nitrogens with zero attached hydrogens (tertiary/aromatic N) is 2. The molecular weight excluding hydrogens is 256 g/mol. The zero-order chi connectivity index (χ0) is 13.2. The van der Waals surface area contributed by atoms with Crippen molar-refractivity contribution in [1.29, 1.82) is 0 Å². The normalized spacial score (nSPS) is 10.8. The van der Waals surface area contributed by atoms with Crippen LogP contribution in [0.15, 0.2) is 42.5 Å². The van der Waals surface area contributed by atoms with Gasteiger partial charge in [-0.15, -0.1) is 5.10 Å². The van der Waals surface area contributed by atoms with Gasteiger partial charge in [-0.2, -0.15) is 0 Å². The number of benzene rings is 2. The van der Waals surface area contributed by atoms with Gasteiger partial charge in [-0.25, -0.2) is 0 Å². The van der Waals surface area contributed by atoms with E-state index >= 15 is 0 Å². The summed E-state index contributed by atoms with van der Waals surface area (Å²) < 4.78 is 3.89. The summed E-state index contributed by atoms with van der Waals surface area (Å²) in [6, 6.07) is 13.7. The molecule has 19 heavy (non-hydrogen) atoms. The van der Waals surface area contributed by atoms with E-state index in [9.17, 15) is 4.79 Å². The van der Waals surface area contributed by atoms with Crippen molar-refractivity contribution in [2.75, 3.05) is 0 Å². The van der Waals surface area contributed by atoms with Crippen molar-refractivity contribution in [2.24, 2.45) is 0 Å². The van der Waals surface area contributed by atoms with E-state index < -0.39 is 0 Å². The molecule has 0 unspecified atom stereocenters. The molecule has 0 aliphatic heterocycles. The van der Waals surface area contributed by atoms with Gasteiger partial charge in [0.25, 0.3) is 0 Å². The average molecular weight is 268 g/mol. The Morgan fingerprint density at radius 2 is 1.95 bits per heavy atom.